The summed E-state index contributed by atoms with van der Waals surface area (Å²) in [6.45, 7) is 4.72. The summed E-state index contributed by atoms with van der Waals surface area (Å²) in [7, 11) is -0.519. The second-order valence-electron chi connectivity index (χ2n) is 9.60. The summed E-state index contributed by atoms with van der Waals surface area (Å²) in [6, 6.07) is 11.8. The van der Waals surface area contributed by atoms with Gasteiger partial charge in [0.2, 0.25) is 0 Å². The van der Waals surface area contributed by atoms with E-state index in [0.29, 0.717) is 44.3 Å². The fourth-order valence-corrected chi connectivity index (χ4v) is 4.75. The average molecular weight is 568 g/mol. The van der Waals surface area contributed by atoms with Gasteiger partial charge in [-0.1, -0.05) is 6.92 Å². The monoisotopic (exact) mass is 567 g/mol. The fraction of sp³-hybridized carbons (Fsp3) is 0.464. The van der Waals surface area contributed by atoms with E-state index < -0.39 is 31.9 Å². The average Bonchev–Trinajstić information content (AvgIpc) is 3.50. The third-order valence-corrected chi connectivity index (χ3v) is 7.07. The topological polar surface area (TPSA) is 130 Å². The number of nitrogens with zero attached hydrogens (tertiary/aromatic N) is 3. The third kappa shape index (κ3) is 7.94. The molecule has 2 atom stereocenters. The molecule has 40 heavy (non-hydrogen) atoms. The Hall–Kier alpha value is -3.65. The molecule has 0 aliphatic carbocycles. The zero-order valence-electron chi connectivity index (χ0n) is 22.5. The number of carbonyl (C=O) groups excluding carboxylic acids is 3. The number of benzene rings is 1. The molecular formula is C28H34N5O6P. The molecule has 1 aromatic heterocycles. The SMILES string of the molecule is CCCCOC(=O)N1CCN(C(=O)[C@H](C#P=O)NC(=O)c2cc(N[C@@H]3CCOC3)cc(-c3ccccc3)n2)CC1. The maximum atomic E-state index is 13.3. The molecule has 3 heterocycles. The normalized spacial score (nSPS) is 17.5. The van der Waals surface area contributed by atoms with Crippen LogP contribution in [0.15, 0.2) is 42.5 Å². The van der Waals surface area contributed by atoms with Crippen LogP contribution in [-0.4, -0.2) is 90.8 Å². The summed E-state index contributed by atoms with van der Waals surface area (Å²) in [5.74, 6) is -1.06. The second kappa shape index (κ2) is 14.7. The van der Waals surface area contributed by atoms with E-state index >= 15 is 0 Å². The zero-order valence-corrected chi connectivity index (χ0v) is 23.4. The van der Waals surface area contributed by atoms with Crippen LogP contribution in [0.25, 0.3) is 11.3 Å². The van der Waals surface area contributed by atoms with Crippen LogP contribution >= 0.6 is 7.92 Å². The standard InChI is InChI=1S/C28H34N5O6P/c1-2-3-14-39-28(36)33-12-10-32(11-13-33)27(35)25(19-40-37)31-26(34)24-17-22(29-21-9-15-38-18-21)16-23(30-24)20-7-5-4-6-8-20/h4-8,16-17,21,25H,2-3,9-15,18H2,1H3,(H,29,30)(H,31,34)/t21-,25+/m1/s1. The molecular weight excluding hydrogens is 533 g/mol. The molecule has 0 unspecified atom stereocenters. The summed E-state index contributed by atoms with van der Waals surface area (Å²) < 4.78 is 22.1. The summed E-state index contributed by atoms with van der Waals surface area (Å²) in [6.07, 6.45) is 2.16. The van der Waals surface area contributed by atoms with Gasteiger partial charge in [0.25, 0.3) is 0 Å². The molecule has 0 saturated carbocycles. The molecule has 2 N–H and O–H groups in total. The fourth-order valence-electron chi connectivity index (χ4n) is 4.47. The van der Waals surface area contributed by atoms with Crippen LogP contribution in [0.3, 0.4) is 0 Å². The molecule has 212 valence electrons. The van der Waals surface area contributed by atoms with Crippen molar-refractivity contribution in [1.82, 2.24) is 20.1 Å². The van der Waals surface area contributed by atoms with Crippen molar-refractivity contribution in [2.45, 2.75) is 38.3 Å². The first-order valence-electron chi connectivity index (χ1n) is 13.5. The number of piperazine rings is 1. The van der Waals surface area contributed by atoms with Crippen molar-refractivity contribution in [2.75, 3.05) is 51.3 Å². The van der Waals surface area contributed by atoms with Crippen LogP contribution in [0.1, 0.15) is 36.7 Å². The molecule has 4 rings (SSSR count). The van der Waals surface area contributed by atoms with E-state index in [9.17, 15) is 18.9 Å². The van der Waals surface area contributed by atoms with Gasteiger partial charge >= 0.3 is 228 Å². The maximum absolute atomic E-state index is 13.3. The molecule has 2 aromatic rings. The zero-order chi connectivity index (χ0) is 28.3. The van der Waals surface area contributed by atoms with Crippen LogP contribution in [0.5, 0.6) is 0 Å². The minimum absolute atomic E-state index is 0.101. The molecule has 12 heteroatoms. The van der Waals surface area contributed by atoms with Gasteiger partial charge in [0, 0.05) is 0 Å². The molecule has 2 fully saturated rings. The Morgan fingerprint density at radius 3 is 2.58 bits per heavy atom. The molecule has 3 amide bonds. The van der Waals surface area contributed by atoms with E-state index in [1.54, 1.807) is 11.0 Å². The minimum atomic E-state index is -1.25. The number of anilines is 1. The second-order valence-corrected chi connectivity index (χ2v) is 10.0. The molecule has 11 nitrogen and oxygen atoms in total. The number of ether oxygens (including phenoxy) is 2. The number of carbonyl (C=O) groups is 3. The van der Waals surface area contributed by atoms with E-state index in [2.05, 4.69) is 21.2 Å². The first-order valence-corrected chi connectivity index (χ1v) is 14.3. The quantitative estimate of drug-likeness (QED) is 0.349. The number of pyridine rings is 1. The van der Waals surface area contributed by atoms with E-state index in [4.69, 9.17) is 9.47 Å². The van der Waals surface area contributed by atoms with Crippen LogP contribution in [0, 0.1) is 5.63 Å². The molecule has 2 saturated heterocycles. The van der Waals surface area contributed by atoms with Gasteiger partial charge in [-0.2, -0.15) is 0 Å². The first-order chi connectivity index (χ1) is 19.5. The van der Waals surface area contributed by atoms with Gasteiger partial charge < -0.3 is 0 Å². The Kier molecular flexibility index (Phi) is 10.7. The summed E-state index contributed by atoms with van der Waals surface area (Å²) in [5.41, 5.74) is 4.72. The molecule has 2 aliphatic heterocycles. The number of hydrogen-bond donors (Lipinski definition) is 2. The first kappa shape index (κ1) is 29.3. The Bertz CT molecular complexity index is 1290. The van der Waals surface area contributed by atoms with Crippen LogP contribution in [0.4, 0.5) is 10.5 Å². The Labute approximate surface area is 234 Å². The predicted octanol–water partition coefficient (Wildman–Crippen LogP) is 3.38. The predicted molar refractivity (Wildman–Crippen MR) is 150 cm³/mol. The number of unbranched alkanes of at least 4 members (excludes halogenated alkanes) is 1. The number of nitrogens with one attached hydrogen (secondary N) is 2. The van der Waals surface area contributed by atoms with Crippen molar-refractivity contribution in [1.29, 1.82) is 0 Å². The number of rotatable bonds is 9. The summed E-state index contributed by atoms with van der Waals surface area (Å²) in [5, 5.41) is 6.03. The Morgan fingerprint density at radius 2 is 1.90 bits per heavy atom. The molecule has 2 aliphatic rings. The van der Waals surface area contributed by atoms with Crippen molar-refractivity contribution < 1.29 is 28.4 Å². The summed E-state index contributed by atoms with van der Waals surface area (Å²) in [4.78, 5) is 46.4. The van der Waals surface area contributed by atoms with Crippen LogP contribution < -0.4 is 10.6 Å². The van der Waals surface area contributed by atoms with Crippen LogP contribution in [-0.2, 0) is 18.8 Å². The number of hydrogen-bond acceptors (Lipinski definition) is 8. The molecule has 0 bridgehead atoms. The van der Waals surface area contributed by atoms with Gasteiger partial charge in [0.1, 0.15) is 0 Å². The Morgan fingerprint density at radius 1 is 1.15 bits per heavy atom. The number of aromatic nitrogens is 1. The van der Waals surface area contributed by atoms with E-state index in [0.717, 1.165) is 24.8 Å². The van der Waals surface area contributed by atoms with Crippen molar-refractivity contribution >= 4 is 31.5 Å². The van der Waals surface area contributed by atoms with E-state index in [1.165, 1.54) is 4.90 Å². The van der Waals surface area contributed by atoms with Gasteiger partial charge in [-0.05, 0) is 0 Å². The Balaban J connectivity index is 1.45. The van der Waals surface area contributed by atoms with Gasteiger partial charge in [-0.25, -0.2) is 0 Å². The molecule has 0 radical (unpaired) electrons. The van der Waals surface area contributed by atoms with Gasteiger partial charge in [-0.3, -0.25) is 0 Å². The van der Waals surface area contributed by atoms with Crippen molar-refractivity contribution in [3.63, 3.8) is 0 Å². The third-order valence-electron chi connectivity index (χ3n) is 6.71. The molecule has 1 aromatic carbocycles. The van der Waals surface area contributed by atoms with Gasteiger partial charge in [-0.15, -0.1) is 0 Å². The van der Waals surface area contributed by atoms with Crippen molar-refractivity contribution in [2.24, 2.45) is 0 Å². The number of amides is 3. The van der Waals surface area contributed by atoms with Gasteiger partial charge in [0.05, 0.1) is 0 Å². The van der Waals surface area contributed by atoms with E-state index in [1.807, 2.05) is 43.3 Å². The van der Waals surface area contributed by atoms with Gasteiger partial charge in [0.15, 0.2) is 0 Å². The van der Waals surface area contributed by atoms with Crippen molar-refractivity contribution in [3.8, 4) is 16.9 Å². The van der Waals surface area contributed by atoms with Crippen molar-refractivity contribution in [3.05, 3.63) is 48.2 Å². The molecule has 0 spiro atoms. The van der Waals surface area contributed by atoms with Crippen LogP contribution in [0.2, 0.25) is 0 Å². The van der Waals surface area contributed by atoms with E-state index in [-0.39, 0.29) is 24.8 Å². The summed E-state index contributed by atoms with van der Waals surface area (Å²) >= 11 is 0.